The molecule has 1 saturated carbocycles. The zero-order chi connectivity index (χ0) is 19.9. The lowest BCUT2D eigenvalue weighted by molar-refractivity contribution is 0.296. The Labute approximate surface area is 197 Å². The van der Waals surface area contributed by atoms with Gasteiger partial charge in [-0.15, -0.1) is 24.0 Å². The smallest absolute Gasteiger partial charge is 0.191 e. The van der Waals surface area contributed by atoms with Crippen molar-refractivity contribution >= 4 is 35.6 Å². The molecule has 1 saturated heterocycles. The number of nitrogens with zero attached hydrogens (tertiary/aromatic N) is 2. The number of benzene rings is 2. The van der Waals surface area contributed by atoms with E-state index in [1.165, 1.54) is 24.1 Å². The molecule has 2 aromatic carbocycles. The maximum absolute atomic E-state index is 6.03. The molecule has 6 heteroatoms. The molecule has 2 N–H and O–H groups in total. The summed E-state index contributed by atoms with van der Waals surface area (Å²) < 4.78 is 6.03. The molecule has 4 rings (SSSR count). The van der Waals surface area contributed by atoms with Crippen LogP contribution in [0, 0.1) is 5.92 Å². The lowest BCUT2D eigenvalue weighted by Gasteiger charge is -2.34. The van der Waals surface area contributed by atoms with E-state index in [1.54, 1.807) is 0 Å². The van der Waals surface area contributed by atoms with Crippen LogP contribution in [0.5, 0.6) is 5.75 Å². The van der Waals surface area contributed by atoms with E-state index in [0.717, 1.165) is 50.2 Å². The van der Waals surface area contributed by atoms with Gasteiger partial charge in [0, 0.05) is 44.0 Å². The number of rotatable bonds is 7. The molecule has 0 aromatic heterocycles. The predicted octanol–water partition coefficient (Wildman–Crippen LogP) is 4.43. The molecular formula is C24H33IN4O. The molecule has 2 aromatic rings. The number of aliphatic imine (C=N–C) groups is 1. The lowest BCUT2D eigenvalue weighted by Crippen LogP contribution is -2.48. The van der Waals surface area contributed by atoms with Crippen LogP contribution in [0.3, 0.4) is 0 Å². The number of piperidine rings is 1. The van der Waals surface area contributed by atoms with Crippen molar-refractivity contribution in [2.24, 2.45) is 10.9 Å². The number of hydrogen-bond donors (Lipinski definition) is 2. The summed E-state index contributed by atoms with van der Waals surface area (Å²) in [5.74, 6) is 2.60. The van der Waals surface area contributed by atoms with Crippen LogP contribution in [-0.2, 0) is 6.54 Å². The van der Waals surface area contributed by atoms with Crippen molar-refractivity contribution in [1.29, 1.82) is 0 Å². The normalized spacial score (nSPS) is 17.2. The van der Waals surface area contributed by atoms with E-state index in [0.29, 0.717) is 12.6 Å². The average Bonchev–Trinajstić information content (AvgIpc) is 3.61. The highest BCUT2D eigenvalue weighted by Gasteiger charge is 2.22. The van der Waals surface area contributed by atoms with Gasteiger partial charge in [0.2, 0.25) is 0 Å². The van der Waals surface area contributed by atoms with Gasteiger partial charge in [0.15, 0.2) is 5.96 Å². The monoisotopic (exact) mass is 520 g/mol. The third kappa shape index (κ3) is 6.52. The molecule has 162 valence electrons. The van der Waals surface area contributed by atoms with Crippen LogP contribution in [0.2, 0.25) is 0 Å². The van der Waals surface area contributed by atoms with Gasteiger partial charge in [0.1, 0.15) is 5.75 Å². The summed E-state index contributed by atoms with van der Waals surface area (Å²) in [4.78, 5) is 6.89. The highest BCUT2D eigenvalue weighted by Crippen LogP contribution is 2.30. The lowest BCUT2D eigenvalue weighted by atomic mass is 10.0. The zero-order valence-electron chi connectivity index (χ0n) is 17.7. The maximum Gasteiger partial charge on any atom is 0.191 e. The second-order valence-electron chi connectivity index (χ2n) is 8.03. The van der Waals surface area contributed by atoms with E-state index in [2.05, 4.69) is 69.1 Å². The summed E-state index contributed by atoms with van der Waals surface area (Å²) in [7, 11) is 1.84. The quantitative estimate of drug-likeness (QED) is 0.322. The Morgan fingerprint density at radius 2 is 1.70 bits per heavy atom. The summed E-state index contributed by atoms with van der Waals surface area (Å²) in [6.45, 7) is 3.68. The van der Waals surface area contributed by atoms with Crippen molar-refractivity contribution in [3.63, 3.8) is 0 Å². The molecule has 2 fully saturated rings. The van der Waals surface area contributed by atoms with E-state index in [1.807, 2.05) is 13.1 Å². The second kappa shape index (κ2) is 11.4. The van der Waals surface area contributed by atoms with Gasteiger partial charge in [-0.2, -0.15) is 0 Å². The molecule has 1 heterocycles. The van der Waals surface area contributed by atoms with Crippen molar-refractivity contribution in [3.05, 3.63) is 60.2 Å². The molecule has 0 amide bonds. The summed E-state index contributed by atoms with van der Waals surface area (Å²) in [5.41, 5.74) is 2.49. The molecule has 0 radical (unpaired) electrons. The molecule has 0 atom stereocenters. The number of anilines is 1. The molecule has 5 nitrogen and oxygen atoms in total. The molecular weight excluding hydrogens is 487 g/mol. The van der Waals surface area contributed by atoms with Gasteiger partial charge in [-0.25, -0.2) is 0 Å². The van der Waals surface area contributed by atoms with Crippen LogP contribution in [0.25, 0.3) is 0 Å². The van der Waals surface area contributed by atoms with Gasteiger partial charge in [-0.3, -0.25) is 4.99 Å². The van der Waals surface area contributed by atoms with Crippen LogP contribution in [-0.4, -0.2) is 38.7 Å². The number of ether oxygens (including phenoxy) is 1. The molecule has 1 aliphatic carbocycles. The highest BCUT2D eigenvalue weighted by atomic mass is 127. The van der Waals surface area contributed by atoms with Crippen molar-refractivity contribution in [3.8, 4) is 5.75 Å². The molecule has 0 spiro atoms. The standard InChI is InChI=1S/C24H32N4O.HI/c1-25-24(26-17-20-7-5-6-10-23(20)29-18-19-11-12-19)27-21-13-15-28(16-14-21)22-8-3-2-4-9-22;/h2-10,19,21H,11-18H2,1H3,(H2,25,26,27);1H. The number of hydrogen-bond acceptors (Lipinski definition) is 3. The Morgan fingerprint density at radius 3 is 2.40 bits per heavy atom. The largest absolute Gasteiger partial charge is 0.493 e. The van der Waals surface area contributed by atoms with Crippen LogP contribution in [0.4, 0.5) is 5.69 Å². The van der Waals surface area contributed by atoms with Gasteiger partial charge in [-0.1, -0.05) is 36.4 Å². The fourth-order valence-corrected chi connectivity index (χ4v) is 3.77. The first-order valence-corrected chi connectivity index (χ1v) is 10.8. The van der Waals surface area contributed by atoms with E-state index in [4.69, 9.17) is 4.74 Å². The minimum atomic E-state index is 0. The van der Waals surface area contributed by atoms with Crippen molar-refractivity contribution in [1.82, 2.24) is 10.6 Å². The summed E-state index contributed by atoms with van der Waals surface area (Å²) in [6, 6.07) is 19.4. The number of para-hydroxylation sites is 2. The van der Waals surface area contributed by atoms with E-state index >= 15 is 0 Å². The van der Waals surface area contributed by atoms with Crippen molar-refractivity contribution in [2.45, 2.75) is 38.3 Å². The summed E-state index contributed by atoms with van der Waals surface area (Å²) in [5, 5.41) is 7.06. The Balaban J connectivity index is 0.00000256. The van der Waals surface area contributed by atoms with Crippen LogP contribution in [0.15, 0.2) is 59.6 Å². The van der Waals surface area contributed by atoms with Gasteiger partial charge in [0.25, 0.3) is 0 Å². The van der Waals surface area contributed by atoms with Crippen molar-refractivity contribution < 1.29 is 4.74 Å². The minimum Gasteiger partial charge on any atom is -0.493 e. The van der Waals surface area contributed by atoms with Gasteiger partial charge >= 0.3 is 0 Å². The van der Waals surface area contributed by atoms with Crippen LogP contribution in [0.1, 0.15) is 31.2 Å². The van der Waals surface area contributed by atoms with Crippen LogP contribution >= 0.6 is 24.0 Å². The molecule has 2 aliphatic rings. The molecule has 30 heavy (non-hydrogen) atoms. The Hall–Kier alpha value is -1.96. The predicted molar refractivity (Wildman–Crippen MR) is 135 cm³/mol. The molecule has 1 aliphatic heterocycles. The second-order valence-corrected chi connectivity index (χ2v) is 8.03. The fourth-order valence-electron chi connectivity index (χ4n) is 3.77. The first-order chi connectivity index (χ1) is 14.3. The fraction of sp³-hybridized carbons (Fsp3) is 0.458. The van der Waals surface area contributed by atoms with Gasteiger partial charge < -0.3 is 20.3 Å². The van der Waals surface area contributed by atoms with E-state index in [9.17, 15) is 0 Å². The Morgan fingerprint density at radius 1 is 1.00 bits per heavy atom. The molecule has 0 bridgehead atoms. The van der Waals surface area contributed by atoms with Crippen molar-refractivity contribution in [2.75, 3.05) is 31.6 Å². The first-order valence-electron chi connectivity index (χ1n) is 10.8. The van der Waals surface area contributed by atoms with E-state index < -0.39 is 0 Å². The zero-order valence-corrected chi connectivity index (χ0v) is 20.0. The Kier molecular flexibility index (Phi) is 8.66. The third-order valence-corrected chi connectivity index (χ3v) is 5.77. The maximum atomic E-state index is 6.03. The minimum absolute atomic E-state index is 0. The summed E-state index contributed by atoms with van der Waals surface area (Å²) >= 11 is 0. The number of guanidine groups is 1. The van der Waals surface area contributed by atoms with Crippen LogP contribution < -0.4 is 20.3 Å². The van der Waals surface area contributed by atoms with Gasteiger partial charge in [-0.05, 0) is 49.8 Å². The first kappa shape index (κ1) is 22.7. The Bertz CT molecular complexity index is 802. The SMILES string of the molecule is CN=C(NCc1ccccc1OCC1CC1)NC1CCN(c2ccccc2)CC1.I. The summed E-state index contributed by atoms with van der Waals surface area (Å²) in [6.07, 6.45) is 4.83. The van der Waals surface area contributed by atoms with E-state index in [-0.39, 0.29) is 24.0 Å². The number of nitrogens with one attached hydrogen (secondary N) is 2. The highest BCUT2D eigenvalue weighted by molar-refractivity contribution is 14.0. The molecule has 0 unspecified atom stereocenters. The average molecular weight is 520 g/mol. The topological polar surface area (TPSA) is 48.9 Å². The number of halogens is 1. The van der Waals surface area contributed by atoms with Gasteiger partial charge in [0.05, 0.1) is 6.61 Å². The third-order valence-electron chi connectivity index (χ3n) is 5.77.